The predicted molar refractivity (Wildman–Crippen MR) is 128 cm³/mol. The van der Waals surface area contributed by atoms with E-state index in [0.29, 0.717) is 86.5 Å². The first-order valence-corrected chi connectivity index (χ1v) is 13.1. The van der Waals surface area contributed by atoms with E-state index in [1.807, 2.05) is 21.9 Å². The summed E-state index contributed by atoms with van der Waals surface area (Å²) in [6.07, 6.45) is 5.16. The number of carbonyl (C=O) groups is 3. The maximum atomic E-state index is 13.4. The number of hydrogen-bond acceptors (Lipinski definition) is 5. The van der Waals surface area contributed by atoms with Gasteiger partial charge in [0.05, 0.1) is 0 Å². The van der Waals surface area contributed by atoms with Gasteiger partial charge in [0.1, 0.15) is 13.2 Å². The average molecular weight is 483 g/mol. The third kappa shape index (κ3) is 4.41. The fourth-order valence-corrected chi connectivity index (χ4v) is 6.66. The number of fused-ring (bicyclic) bond motifs is 5. The van der Waals surface area contributed by atoms with Crippen molar-refractivity contribution >= 4 is 23.5 Å². The molecule has 0 saturated carbocycles. The zero-order valence-electron chi connectivity index (χ0n) is 20.1. The van der Waals surface area contributed by atoms with Crippen LogP contribution in [0.3, 0.4) is 0 Å². The van der Waals surface area contributed by atoms with Gasteiger partial charge in [0.2, 0.25) is 11.8 Å². The third-order valence-corrected chi connectivity index (χ3v) is 8.40. The van der Waals surface area contributed by atoms with Crippen LogP contribution in [-0.4, -0.2) is 84.5 Å². The summed E-state index contributed by atoms with van der Waals surface area (Å²) in [6.45, 7) is 4.51. The first-order chi connectivity index (χ1) is 17.0. The van der Waals surface area contributed by atoms with Gasteiger partial charge < -0.3 is 29.5 Å². The molecule has 5 aliphatic rings. The minimum absolute atomic E-state index is 0.0108. The third-order valence-electron chi connectivity index (χ3n) is 8.40. The van der Waals surface area contributed by atoms with Crippen molar-refractivity contribution in [1.82, 2.24) is 14.7 Å². The molecule has 0 radical (unpaired) electrons. The second kappa shape index (κ2) is 9.24. The monoisotopic (exact) mass is 482 g/mol. The molecule has 4 saturated heterocycles. The van der Waals surface area contributed by atoms with E-state index in [-0.39, 0.29) is 17.9 Å². The molecule has 9 heteroatoms. The largest absolute Gasteiger partial charge is 0.486 e. The smallest absolute Gasteiger partial charge is 0.320 e. The fraction of sp³-hybridized carbons (Fsp3) is 0.654. The molecule has 3 atom stereocenters. The number of nitrogens with one attached hydrogen (secondary N) is 1. The van der Waals surface area contributed by atoms with E-state index in [9.17, 15) is 14.4 Å². The van der Waals surface area contributed by atoms with Gasteiger partial charge in [-0.05, 0) is 56.1 Å². The van der Waals surface area contributed by atoms with Gasteiger partial charge in [-0.15, -0.1) is 0 Å². The Hall–Kier alpha value is -2.97. The summed E-state index contributed by atoms with van der Waals surface area (Å²) in [6, 6.07) is 5.86. The average Bonchev–Trinajstić information content (AvgIpc) is 2.89. The van der Waals surface area contributed by atoms with Gasteiger partial charge in [0, 0.05) is 62.9 Å². The Morgan fingerprint density at radius 2 is 1.74 bits per heavy atom. The quantitative estimate of drug-likeness (QED) is 0.700. The standard InChI is InChI=1S/C26H34N4O5/c31-24-3-1-2-21-19-12-17(15-30(21)24)14-29(16-19)26(33)28-8-6-18(7-9-28)25(32)27-20-4-5-22-23(13-20)35-11-10-34-22/h4-5,13,17-19,21H,1-3,6-12,14-16H2,(H,27,32)/t17?,19?,21-/m1/s1. The Morgan fingerprint density at radius 1 is 0.943 bits per heavy atom. The lowest BCUT2D eigenvalue weighted by molar-refractivity contribution is -0.144. The van der Waals surface area contributed by atoms with Gasteiger partial charge in [-0.25, -0.2) is 4.79 Å². The van der Waals surface area contributed by atoms with Gasteiger partial charge in [-0.1, -0.05) is 0 Å². The molecule has 2 bridgehead atoms. The highest BCUT2D eigenvalue weighted by molar-refractivity contribution is 5.93. The molecule has 1 aromatic rings. The molecular weight excluding hydrogens is 448 g/mol. The Kier molecular flexibility index (Phi) is 5.94. The molecule has 5 heterocycles. The normalized spacial score (nSPS) is 28.4. The highest BCUT2D eigenvalue weighted by atomic mass is 16.6. The number of benzene rings is 1. The summed E-state index contributed by atoms with van der Waals surface area (Å²) in [7, 11) is 0. The number of piperidine rings is 4. The van der Waals surface area contributed by atoms with Crippen molar-refractivity contribution in [1.29, 1.82) is 0 Å². The van der Waals surface area contributed by atoms with E-state index < -0.39 is 0 Å². The molecule has 1 aromatic carbocycles. The lowest BCUT2D eigenvalue weighted by Gasteiger charge is -2.53. The van der Waals surface area contributed by atoms with Crippen LogP contribution in [0.4, 0.5) is 10.5 Å². The van der Waals surface area contributed by atoms with E-state index in [1.165, 1.54) is 0 Å². The molecule has 35 heavy (non-hydrogen) atoms. The van der Waals surface area contributed by atoms with Crippen LogP contribution >= 0.6 is 0 Å². The number of ether oxygens (including phenoxy) is 2. The first-order valence-electron chi connectivity index (χ1n) is 13.1. The summed E-state index contributed by atoms with van der Waals surface area (Å²) >= 11 is 0. The molecule has 1 N–H and O–H groups in total. The van der Waals surface area contributed by atoms with Crippen LogP contribution < -0.4 is 14.8 Å². The van der Waals surface area contributed by atoms with Crippen molar-refractivity contribution in [3.8, 4) is 11.5 Å². The molecule has 0 aliphatic carbocycles. The summed E-state index contributed by atoms with van der Waals surface area (Å²) < 4.78 is 11.1. The highest BCUT2D eigenvalue weighted by Gasteiger charge is 2.45. The number of amides is 4. The zero-order valence-corrected chi connectivity index (χ0v) is 20.1. The van der Waals surface area contributed by atoms with Gasteiger partial charge in [-0.3, -0.25) is 9.59 Å². The molecule has 9 nitrogen and oxygen atoms in total. The Balaban J connectivity index is 1.02. The van der Waals surface area contributed by atoms with E-state index in [2.05, 4.69) is 10.2 Å². The van der Waals surface area contributed by atoms with Crippen molar-refractivity contribution in [2.75, 3.05) is 51.3 Å². The zero-order chi connectivity index (χ0) is 23.9. The minimum Gasteiger partial charge on any atom is -0.486 e. The number of likely N-dealkylation sites (tertiary alicyclic amines) is 2. The lowest BCUT2D eigenvalue weighted by atomic mass is 9.76. The lowest BCUT2D eigenvalue weighted by Crippen LogP contribution is -2.62. The molecule has 0 aromatic heterocycles. The van der Waals surface area contributed by atoms with Gasteiger partial charge in [-0.2, -0.15) is 0 Å². The van der Waals surface area contributed by atoms with E-state index in [1.54, 1.807) is 6.07 Å². The number of rotatable bonds is 2. The summed E-state index contributed by atoms with van der Waals surface area (Å²) in [5, 5.41) is 3.01. The van der Waals surface area contributed by atoms with Crippen LogP contribution in [0.1, 0.15) is 38.5 Å². The van der Waals surface area contributed by atoms with Crippen LogP contribution in [-0.2, 0) is 9.59 Å². The van der Waals surface area contributed by atoms with Gasteiger partial charge in [0.25, 0.3) is 0 Å². The van der Waals surface area contributed by atoms with E-state index >= 15 is 0 Å². The maximum absolute atomic E-state index is 13.4. The number of anilines is 1. The summed E-state index contributed by atoms with van der Waals surface area (Å²) in [5.41, 5.74) is 0.702. The van der Waals surface area contributed by atoms with E-state index in [0.717, 1.165) is 38.9 Å². The van der Waals surface area contributed by atoms with Crippen LogP contribution in [0.25, 0.3) is 0 Å². The van der Waals surface area contributed by atoms with Crippen LogP contribution in [0.2, 0.25) is 0 Å². The SMILES string of the molecule is O=C(Nc1ccc2c(c1)OCCO2)C1CCN(C(=O)N2CC3CC(C2)[C@H]2CCCC(=O)N2C3)CC1. The number of nitrogens with zero attached hydrogens (tertiary/aromatic N) is 3. The van der Waals surface area contributed by atoms with Gasteiger partial charge in [0.15, 0.2) is 11.5 Å². The molecule has 188 valence electrons. The second-order valence-electron chi connectivity index (χ2n) is 10.7. The van der Waals surface area contributed by atoms with Crippen LogP contribution in [0, 0.1) is 17.8 Å². The van der Waals surface area contributed by atoms with Crippen LogP contribution in [0.15, 0.2) is 18.2 Å². The summed E-state index contributed by atoms with van der Waals surface area (Å²) in [4.78, 5) is 44.7. The molecule has 2 unspecified atom stereocenters. The predicted octanol–water partition coefficient (Wildman–Crippen LogP) is 2.56. The Labute approximate surface area is 205 Å². The van der Waals surface area contributed by atoms with Crippen molar-refractivity contribution in [2.24, 2.45) is 17.8 Å². The maximum Gasteiger partial charge on any atom is 0.320 e. The Morgan fingerprint density at radius 3 is 2.57 bits per heavy atom. The molecule has 4 fully saturated rings. The molecule has 6 rings (SSSR count). The molecular formula is C26H34N4O5. The number of hydrogen-bond donors (Lipinski definition) is 1. The molecule has 5 aliphatic heterocycles. The molecule has 4 amide bonds. The Bertz CT molecular complexity index is 1010. The first kappa shape index (κ1) is 22.5. The topological polar surface area (TPSA) is 91.4 Å². The molecule has 0 spiro atoms. The van der Waals surface area contributed by atoms with Crippen LogP contribution in [0.5, 0.6) is 11.5 Å². The van der Waals surface area contributed by atoms with Crippen molar-refractivity contribution in [3.05, 3.63) is 18.2 Å². The number of urea groups is 1. The van der Waals surface area contributed by atoms with Crippen molar-refractivity contribution in [3.63, 3.8) is 0 Å². The fourth-order valence-electron chi connectivity index (χ4n) is 6.66. The van der Waals surface area contributed by atoms with E-state index in [4.69, 9.17) is 9.47 Å². The highest BCUT2D eigenvalue weighted by Crippen LogP contribution is 2.38. The minimum atomic E-state index is -0.116. The van der Waals surface area contributed by atoms with Gasteiger partial charge >= 0.3 is 6.03 Å². The number of carbonyl (C=O) groups excluding carboxylic acids is 3. The van der Waals surface area contributed by atoms with Crippen molar-refractivity contribution < 1.29 is 23.9 Å². The van der Waals surface area contributed by atoms with Crippen molar-refractivity contribution in [2.45, 2.75) is 44.6 Å². The summed E-state index contributed by atoms with van der Waals surface area (Å²) in [5.74, 6) is 2.30. The second-order valence-corrected chi connectivity index (χ2v) is 10.7.